The third-order valence-electron chi connectivity index (χ3n) is 4.27. The Labute approximate surface area is 93.0 Å². The zero-order chi connectivity index (χ0) is 10.7. The van der Waals surface area contributed by atoms with Crippen LogP contribution in [0.3, 0.4) is 0 Å². The molecular weight excluding hydrogens is 184 g/mol. The fraction of sp³-hybridized carbons (Fsp3) is 0.923. The van der Waals surface area contributed by atoms with Crippen LogP contribution in [0.1, 0.15) is 51.9 Å². The van der Waals surface area contributed by atoms with Gasteiger partial charge in [0.05, 0.1) is 12.0 Å². The molecule has 0 bridgehead atoms. The number of hydrogen-bond donors (Lipinski definition) is 1. The highest BCUT2D eigenvalue weighted by Crippen LogP contribution is 2.31. The lowest BCUT2D eigenvalue weighted by atomic mass is 9.78. The lowest BCUT2D eigenvalue weighted by Gasteiger charge is -2.37. The summed E-state index contributed by atoms with van der Waals surface area (Å²) in [6.07, 6.45) is 9.03. The van der Waals surface area contributed by atoms with E-state index in [9.17, 15) is 0 Å². The molecule has 2 saturated carbocycles. The third-order valence-corrected chi connectivity index (χ3v) is 4.27. The second-order valence-electron chi connectivity index (χ2n) is 5.27. The van der Waals surface area contributed by atoms with E-state index >= 15 is 0 Å². The lowest BCUT2D eigenvalue weighted by Crippen LogP contribution is -2.47. The quantitative estimate of drug-likeness (QED) is 0.770. The molecule has 0 amide bonds. The van der Waals surface area contributed by atoms with E-state index in [4.69, 9.17) is 5.26 Å². The van der Waals surface area contributed by atoms with Crippen molar-refractivity contribution < 1.29 is 0 Å². The third kappa shape index (κ3) is 2.52. The predicted molar refractivity (Wildman–Crippen MR) is 61.3 cm³/mol. The molecule has 2 nitrogen and oxygen atoms in total. The minimum atomic E-state index is 0.265. The molecule has 2 heteroatoms. The van der Waals surface area contributed by atoms with Gasteiger partial charge in [-0.3, -0.25) is 0 Å². The fourth-order valence-electron chi connectivity index (χ4n) is 2.90. The molecule has 0 spiro atoms. The van der Waals surface area contributed by atoms with E-state index in [-0.39, 0.29) is 5.92 Å². The van der Waals surface area contributed by atoms with Gasteiger partial charge >= 0.3 is 0 Å². The minimum Gasteiger partial charge on any atom is -0.310 e. The summed E-state index contributed by atoms with van der Waals surface area (Å²) in [6, 6.07) is 3.57. The van der Waals surface area contributed by atoms with Crippen molar-refractivity contribution in [3.8, 4) is 6.07 Å². The smallest absolute Gasteiger partial charge is 0.0672 e. The molecule has 0 aromatic carbocycles. The highest BCUT2D eigenvalue weighted by molar-refractivity contribution is 4.96. The predicted octanol–water partition coefficient (Wildman–Crippen LogP) is 2.85. The van der Waals surface area contributed by atoms with E-state index < -0.39 is 0 Å². The summed E-state index contributed by atoms with van der Waals surface area (Å²) in [6.45, 7) is 2.30. The average molecular weight is 206 g/mol. The largest absolute Gasteiger partial charge is 0.310 e. The van der Waals surface area contributed by atoms with Crippen LogP contribution in [0.15, 0.2) is 0 Å². The maximum absolute atomic E-state index is 9.09. The Bertz CT molecular complexity index is 239. The van der Waals surface area contributed by atoms with E-state index in [1.807, 2.05) is 0 Å². The molecule has 15 heavy (non-hydrogen) atoms. The summed E-state index contributed by atoms with van der Waals surface area (Å²) in [5, 5.41) is 12.8. The van der Waals surface area contributed by atoms with E-state index in [0.717, 1.165) is 12.3 Å². The SMILES string of the molecule is CC(NC1CCCCC1C#N)C1CCC1. The standard InChI is InChI=1S/C13H22N2/c1-10(11-6-4-7-11)15-13-8-3-2-5-12(13)9-14/h10-13,15H,2-8H2,1H3. The summed E-state index contributed by atoms with van der Waals surface area (Å²) < 4.78 is 0. The van der Waals surface area contributed by atoms with Crippen molar-refractivity contribution in [1.82, 2.24) is 5.32 Å². The molecule has 0 aromatic rings. The molecule has 2 aliphatic rings. The summed E-state index contributed by atoms with van der Waals surface area (Å²) in [5.41, 5.74) is 0. The number of hydrogen-bond acceptors (Lipinski definition) is 2. The first-order chi connectivity index (χ1) is 7.31. The Hall–Kier alpha value is -0.550. The van der Waals surface area contributed by atoms with Crippen molar-refractivity contribution in [2.24, 2.45) is 11.8 Å². The van der Waals surface area contributed by atoms with Crippen molar-refractivity contribution in [2.75, 3.05) is 0 Å². The molecule has 0 aromatic heterocycles. The van der Waals surface area contributed by atoms with Crippen LogP contribution in [0.25, 0.3) is 0 Å². The van der Waals surface area contributed by atoms with Gasteiger partial charge < -0.3 is 5.32 Å². The lowest BCUT2D eigenvalue weighted by molar-refractivity contribution is 0.197. The molecule has 1 N–H and O–H groups in total. The first-order valence-corrected chi connectivity index (χ1v) is 6.47. The van der Waals surface area contributed by atoms with Gasteiger partial charge in [0.1, 0.15) is 0 Å². The summed E-state index contributed by atoms with van der Waals surface area (Å²) in [4.78, 5) is 0. The van der Waals surface area contributed by atoms with Crippen molar-refractivity contribution in [2.45, 2.75) is 64.0 Å². The zero-order valence-electron chi connectivity index (χ0n) is 9.71. The minimum absolute atomic E-state index is 0.265. The van der Waals surface area contributed by atoms with Crippen LogP contribution in [0.5, 0.6) is 0 Å². The first kappa shape index (κ1) is 11.0. The van der Waals surface area contributed by atoms with E-state index in [1.54, 1.807) is 0 Å². The number of nitrogens with zero attached hydrogens (tertiary/aromatic N) is 1. The van der Waals surface area contributed by atoms with Crippen LogP contribution in [0.4, 0.5) is 0 Å². The topological polar surface area (TPSA) is 35.8 Å². The van der Waals surface area contributed by atoms with Gasteiger partial charge in [-0.05, 0) is 38.5 Å². The number of rotatable bonds is 3. The highest BCUT2D eigenvalue weighted by Gasteiger charge is 2.30. The average Bonchev–Trinajstić information content (AvgIpc) is 2.15. The fourth-order valence-corrected chi connectivity index (χ4v) is 2.90. The molecule has 3 unspecified atom stereocenters. The van der Waals surface area contributed by atoms with Crippen LogP contribution in [-0.2, 0) is 0 Å². The molecule has 0 radical (unpaired) electrons. The Morgan fingerprint density at radius 2 is 1.87 bits per heavy atom. The Kier molecular flexibility index (Phi) is 3.64. The summed E-state index contributed by atoms with van der Waals surface area (Å²) in [5.74, 6) is 1.15. The second kappa shape index (κ2) is 4.99. The highest BCUT2D eigenvalue weighted by atomic mass is 15.0. The molecule has 2 aliphatic carbocycles. The van der Waals surface area contributed by atoms with Gasteiger partial charge in [-0.1, -0.05) is 19.3 Å². The van der Waals surface area contributed by atoms with Crippen LogP contribution in [-0.4, -0.2) is 12.1 Å². The van der Waals surface area contributed by atoms with E-state index in [2.05, 4.69) is 18.3 Å². The molecule has 0 aliphatic heterocycles. The summed E-state index contributed by atoms with van der Waals surface area (Å²) >= 11 is 0. The normalized spacial score (nSPS) is 34.1. The molecule has 84 valence electrons. The zero-order valence-corrected chi connectivity index (χ0v) is 9.71. The van der Waals surface area contributed by atoms with Gasteiger partial charge in [0.2, 0.25) is 0 Å². The van der Waals surface area contributed by atoms with Gasteiger partial charge in [0.25, 0.3) is 0 Å². The van der Waals surface area contributed by atoms with Crippen molar-refractivity contribution >= 4 is 0 Å². The molecule has 2 fully saturated rings. The van der Waals surface area contributed by atoms with E-state index in [1.165, 1.54) is 38.5 Å². The molecule has 0 heterocycles. The van der Waals surface area contributed by atoms with Gasteiger partial charge in [0, 0.05) is 12.1 Å². The first-order valence-electron chi connectivity index (χ1n) is 6.47. The maximum Gasteiger partial charge on any atom is 0.0672 e. The van der Waals surface area contributed by atoms with E-state index in [0.29, 0.717) is 12.1 Å². The van der Waals surface area contributed by atoms with Crippen LogP contribution >= 0.6 is 0 Å². The van der Waals surface area contributed by atoms with Gasteiger partial charge in [-0.25, -0.2) is 0 Å². The Morgan fingerprint density at radius 3 is 2.47 bits per heavy atom. The van der Waals surface area contributed by atoms with Crippen molar-refractivity contribution in [3.63, 3.8) is 0 Å². The van der Waals surface area contributed by atoms with Crippen LogP contribution in [0, 0.1) is 23.2 Å². The number of nitrogens with one attached hydrogen (secondary N) is 1. The van der Waals surface area contributed by atoms with Crippen molar-refractivity contribution in [1.29, 1.82) is 5.26 Å². The van der Waals surface area contributed by atoms with Crippen LogP contribution < -0.4 is 5.32 Å². The molecule has 2 rings (SSSR count). The molecular formula is C13H22N2. The van der Waals surface area contributed by atoms with Gasteiger partial charge in [0.15, 0.2) is 0 Å². The Morgan fingerprint density at radius 1 is 1.13 bits per heavy atom. The van der Waals surface area contributed by atoms with Crippen molar-refractivity contribution in [3.05, 3.63) is 0 Å². The number of nitriles is 1. The van der Waals surface area contributed by atoms with Crippen LogP contribution in [0.2, 0.25) is 0 Å². The second-order valence-corrected chi connectivity index (χ2v) is 5.27. The summed E-state index contributed by atoms with van der Waals surface area (Å²) in [7, 11) is 0. The molecule has 3 atom stereocenters. The van der Waals surface area contributed by atoms with Gasteiger partial charge in [-0.2, -0.15) is 5.26 Å². The monoisotopic (exact) mass is 206 g/mol. The maximum atomic E-state index is 9.09. The van der Waals surface area contributed by atoms with Gasteiger partial charge in [-0.15, -0.1) is 0 Å². The molecule has 0 saturated heterocycles. The Balaban J connectivity index is 1.83.